The summed E-state index contributed by atoms with van der Waals surface area (Å²) in [7, 11) is 0. The summed E-state index contributed by atoms with van der Waals surface area (Å²) in [4.78, 5) is 0. The molecule has 0 aliphatic carbocycles. The summed E-state index contributed by atoms with van der Waals surface area (Å²) >= 11 is 15.3. The van der Waals surface area contributed by atoms with Gasteiger partial charge in [0, 0.05) is 11.2 Å². The van der Waals surface area contributed by atoms with Crippen LogP contribution in [0.1, 0.15) is 5.69 Å². The second-order valence-corrected chi connectivity index (χ2v) is 5.00. The summed E-state index contributed by atoms with van der Waals surface area (Å²) in [5.74, 6) is 0. The van der Waals surface area contributed by atoms with Crippen molar-refractivity contribution in [3.8, 4) is 11.8 Å². The van der Waals surface area contributed by atoms with E-state index in [-0.39, 0.29) is 6.42 Å². The molecule has 0 atom stereocenters. The van der Waals surface area contributed by atoms with Gasteiger partial charge in [0.05, 0.1) is 33.4 Å². The smallest absolute Gasteiger partial charge is 0.0911 e. The molecule has 0 radical (unpaired) electrons. The van der Waals surface area contributed by atoms with Gasteiger partial charge in [0.1, 0.15) is 0 Å². The lowest BCUT2D eigenvalue weighted by Gasteiger charge is -2.04. The van der Waals surface area contributed by atoms with Gasteiger partial charge in [-0.3, -0.25) is 0 Å². The molecule has 0 bridgehead atoms. The lowest BCUT2D eigenvalue weighted by molar-refractivity contribution is 0.853. The number of nitriles is 1. The van der Waals surface area contributed by atoms with Crippen LogP contribution in [0.4, 0.5) is 0 Å². The highest BCUT2D eigenvalue weighted by molar-refractivity contribution is 9.10. The molecule has 3 nitrogen and oxygen atoms in total. The molecule has 0 unspecified atom stereocenters. The van der Waals surface area contributed by atoms with E-state index in [9.17, 15) is 0 Å². The lowest BCUT2D eigenvalue weighted by Crippen LogP contribution is -1.97. The predicted molar refractivity (Wildman–Crippen MR) is 70.6 cm³/mol. The van der Waals surface area contributed by atoms with Crippen molar-refractivity contribution in [1.29, 1.82) is 5.26 Å². The van der Waals surface area contributed by atoms with Crippen molar-refractivity contribution in [3.63, 3.8) is 0 Å². The van der Waals surface area contributed by atoms with Crippen molar-refractivity contribution in [3.05, 3.63) is 44.6 Å². The third kappa shape index (κ3) is 2.63. The number of hydrogen-bond acceptors (Lipinski definition) is 2. The fraction of sp³-hybridized carbons (Fsp3) is 0.0909. The molecule has 2 rings (SSSR count). The van der Waals surface area contributed by atoms with Crippen molar-refractivity contribution in [2.24, 2.45) is 0 Å². The van der Waals surface area contributed by atoms with E-state index in [4.69, 9.17) is 28.5 Å². The Morgan fingerprint density at radius 3 is 2.88 bits per heavy atom. The van der Waals surface area contributed by atoms with Crippen molar-refractivity contribution in [2.75, 3.05) is 0 Å². The van der Waals surface area contributed by atoms with Crippen LogP contribution in [0, 0.1) is 11.3 Å². The zero-order chi connectivity index (χ0) is 12.4. The average molecular weight is 331 g/mol. The molecule has 6 heteroatoms. The highest BCUT2D eigenvalue weighted by atomic mass is 79.9. The van der Waals surface area contributed by atoms with Gasteiger partial charge in [-0.25, -0.2) is 4.68 Å². The first-order valence-corrected chi connectivity index (χ1v) is 6.23. The van der Waals surface area contributed by atoms with Gasteiger partial charge in [-0.2, -0.15) is 10.4 Å². The Balaban J connectivity index is 2.50. The van der Waals surface area contributed by atoms with Crippen LogP contribution in [0.25, 0.3) is 5.69 Å². The Bertz CT molecular complexity index is 601. The molecule has 0 fully saturated rings. The Morgan fingerprint density at radius 2 is 2.18 bits per heavy atom. The van der Waals surface area contributed by atoms with Crippen LogP contribution in [-0.2, 0) is 6.42 Å². The monoisotopic (exact) mass is 329 g/mol. The van der Waals surface area contributed by atoms with Crippen molar-refractivity contribution in [1.82, 2.24) is 9.78 Å². The van der Waals surface area contributed by atoms with Gasteiger partial charge in [0.25, 0.3) is 0 Å². The molecule has 0 amide bonds. The van der Waals surface area contributed by atoms with E-state index < -0.39 is 0 Å². The molecule has 1 aromatic carbocycles. The Morgan fingerprint density at radius 1 is 1.41 bits per heavy atom. The predicted octanol–water partition coefficient (Wildman–Crippen LogP) is 4.01. The minimum absolute atomic E-state index is 0.242. The minimum atomic E-state index is 0.242. The second-order valence-electron chi connectivity index (χ2n) is 3.30. The molecule has 0 N–H and O–H groups in total. The van der Waals surface area contributed by atoms with Gasteiger partial charge in [-0.1, -0.05) is 23.2 Å². The largest absolute Gasteiger partial charge is 0.238 e. The fourth-order valence-electron chi connectivity index (χ4n) is 1.37. The van der Waals surface area contributed by atoms with Crippen LogP contribution in [0.3, 0.4) is 0 Å². The third-order valence-electron chi connectivity index (χ3n) is 2.14. The minimum Gasteiger partial charge on any atom is -0.238 e. The Kier molecular flexibility index (Phi) is 3.72. The van der Waals surface area contributed by atoms with E-state index in [0.29, 0.717) is 21.4 Å². The molecular weight excluding hydrogens is 325 g/mol. The zero-order valence-electron chi connectivity index (χ0n) is 8.49. The standard InChI is InChI=1S/C11H6BrCl2N3/c12-8-6-17(16-10(8)3-4-15)11-5-7(13)1-2-9(11)14/h1-2,5-6H,3H2. The van der Waals surface area contributed by atoms with Gasteiger partial charge < -0.3 is 0 Å². The van der Waals surface area contributed by atoms with E-state index in [1.54, 1.807) is 29.1 Å². The first kappa shape index (κ1) is 12.4. The SMILES string of the molecule is N#CCc1nn(-c2cc(Cl)ccc2Cl)cc1Br. The number of hydrogen-bond donors (Lipinski definition) is 0. The molecular formula is C11H6BrCl2N3. The van der Waals surface area contributed by atoms with Gasteiger partial charge in [-0.15, -0.1) is 0 Å². The first-order valence-electron chi connectivity index (χ1n) is 4.68. The average Bonchev–Trinajstić information content (AvgIpc) is 2.64. The van der Waals surface area contributed by atoms with Crippen LogP contribution >= 0.6 is 39.1 Å². The van der Waals surface area contributed by atoms with Gasteiger partial charge >= 0.3 is 0 Å². The molecule has 0 saturated heterocycles. The fourth-order valence-corrected chi connectivity index (χ4v) is 2.15. The first-order chi connectivity index (χ1) is 8.11. The number of nitrogens with zero attached hydrogens (tertiary/aromatic N) is 3. The summed E-state index contributed by atoms with van der Waals surface area (Å²) in [5.41, 5.74) is 1.35. The van der Waals surface area contributed by atoms with Crippen LogP contribution < -0.4 is 0 Å². The van der Waals surface area contributed by atoms with Crippen molar-refractivity contribution < 1.29 is 0 Å². The van der Waals surface area contributed by atoms with Crippen LogP contribution in [0.15, 0.2) is 28.9 Å². The highest BCUT2D eigenvalue weighted by Crippen LogP contribution is 2.26. The van der Waals surface area contributed by atoms with Gasteiger partial charge in [0.15, 0.2) is 0 Å². The summed E-state index contributed by atoms with van der Waals surface area (Å²) in [6.07, 6.45) is 2.00. The maximum Gasteiger partial charge on any atom is 0.0911 e. The number of rotatable bonds is 2. The Hall–Kier alpha value is -1.02. The van der Waals surface area contributed by atoms with Crippen LogP contribution in [-0.4, -0.2) is 9.78 Å². The zero-order valence-corrected chi connectivity index (χ0v) is 11.6. The van der Waals surface area contributed by atoms with Gasteiger partial charge in [0.2, 0.25) is 0 Å². The number of benzene rings is 1. The summed E-state index contributed by atoms with van der Waals surface area (Å²) in [5, 5.41) is 14.1. The molecule has 1 heterocycles. The normalized spacial score (nSPS) is 10.2. The quantitative estimate of drug-likeness (QED) is 0.834. The molecule has 17 heavy (non-hydrogen) atoms. The molecule has 0 aliphatic rings. The molecule has 1 aromatic heterocycles. The van der Waals surface area contributed by atoms with Crippen LogP contribution in [0.5, 0.6) is 0 Å². The molecule has 0 spiro atoms. The van der Waals surface area contributed by atoms with Gasteiger partial charge in [-0.05, 0) is 34.1 Å². The molecule has 86 valence electrons. The lowest BCUT2D eigenvalue weighted by atomic mass is 10.3. The number of aromatic nitrogens is 2. The number of halogens is 3. The second kappa shape index (κ2) is 5.09. The maximum absolute atomic E-state index is 8.66. The topological polar surface area (TPSA) is 41.6 Å². The Labute approximate surface area is 117 Å². The highest BCUT2D eigenvalue weighted by Gasteiger charge is 2.10. The van der Waals surface area contributed by atoms with E-state index in [1.165, 1.54) is 0 Å². The molecule has 2 aromatic rings. The maximum atomic E-state index is 8.66. The van der Waals surface area contributed by atoms with E-state index in [0.717, 1.165) is 4.47 Å². The molecule has 0 saturated carbocycles. The third-order valence-corrected chi connectivity index (χ3v) is 3.36. The summed E-state index contributed by atoms with van der Waals surface area (Å²) in [6, 6.07) is 7.19. The van der Waals surface area contributed by atoms with Crippen molar-refractivity contribution >= 4 is 39.1 Å². The summed E-state index contributed by atoms with van der Waals surface area (Å²) < 4.78 is 2.38. The van der Waals surface area contributed by atoms with Crippen molar-refractivity contribution in [2.45, 2.75) is 6.42 Å². The van der Waals surface area contributed by atoms with E-state index >= 15 is 0 Å². The van der Waals surface area contributed by atoms with E-state index in [1.807, 2.05) is 0 Å². The van der Waals surface area contributed by atoms with E-state index in [2.05, 4.69) is 27.1 Å². The summed E-state index contributed by atoms with van der Waals surface area (Å²) in [6.45, 7) is 0. The van der Waals surface area contributed by atoms with Crippen LogP contribution in [0.2, 0.25) is 10.0 Å². The molecule has 0 aliphatic heterocycles.